The van der Waals surface area contributed by atoms with Crippen molar-refractivity contribution in [1.82, 2.24) is 9.13 Å². The van der Waals surface area contributed by atoms with E-state index in [0.717, 1.165) is 16.8 Å². The molecule has 5 unspecified atom stereocenters. The highest BCUT2D eigenvalue weighted by atomic mass is 31.3. The van der Waals surface area contributed by atoms with Crippen LogP contribution in [-0.2, 0) is 29.2 Å². The number of benzene rings is 1. The van der Waals surface area contributed by atoms with Crippen LogP contribution in [0.25, 0.3) is 0 Å². The van der Waals surface area contributed by atoms with Crippen molar-refractivity contribution < 1.29 is 52.4 Å². The molecule has 1 aromatic heterocycles. The number of aromatic nitrogens is 2. The number of ketones is 1. The number of phosphoric acid groups is 2. The molecule has 1 aromatic carbocycles. The maximum Gasteiger partial charge on any atom is 0.481 e. The third-order valence-electron chi connectivity index (χ3n) is 4.72. The summed E-state index contributed by atoms with van der Waals surface area (Å²) in [5.74, 6) is -0.541. The number of phosphoric ester groups is 1. The molecule has 0 amide bonds. The lowest BCUT2D eigenvalue weighted by Gasteiger charge is -2.19. The van der Waals surface area contributed by atoms with Crippen LogP contribution in [0.5, 0.6) is 0 Å². The molecule has 2 aromatic rings. The smallest absolute Gasteiger partial charge is 0.387 e. The van der Waals surface area contributed by atoms with Crippen molar-refractivity contribution in [1.29, 1.82) is 0 Å². The molecule has 0 aliphatic carbocycles. The van der Waals surface area contributed by atoms with Crippen LogP contribution in [-0.4, -0.2) is 64.7 Å². The zero-order valence-electron chi connectivity index (χ0n) is 17.1. The van der Waals surface area contributed by atoms with Crippen molar-refractivity contribution in [3.63, 3.8) is 0 Å². The first-order valence-electron chi connectivity index (χ1n) is 9.45. The van der Waals surface area contributed by atoms with Crippen LogP contribution < -0.4 is 11.2 Å². The van der Waals surface area contributed by atoms with E-state index in [4.69, 9.17) is 14.5 Å². The van der Waals surface area contributed by atoms with Gasteiger partial charge in [-0.2, -0.15) is 4.31 Å². The molecule has 0 radical (unpaired) electrons. The van der Waals surface area contributed by atoms with Crippen LogP contribution in [0.3, 0.4) is 0 Å². The summed E-state index contributed by atoms with van der Waals surface area (Å²) >= 11 is 0. The van der Waals surface area contributed by atoms with Gasteiger partial charge in [-0.05, 0) is 0 Å². The van der Waals surface area contributed by atoms with E-state index in [0.29, 0.717) is 4.57 Å². The standard InChI is InChI=1S/C17H20N2O13P2/c20-11(10-4-2-1-3-5-10)8-19-13(21)6-7-18(17(19)24)16-15(23)14(22)12(31-16)9-30-34(28,29)32-33(25,26)27/h1-7,12,14-16,22-23H,8-9H2,(H,28,29)(H2,25,26,27). The quantitative estimate of drug-likeness (QED) is 0.192. The van der Waals surface area contributed by atoms with Gasteiger partial charge in [-0.1, -0.05) is 30.3 Å². The van der Waals surface area contributed by atoms with Gasteiger partial charge < -0.3 is 29.6 Å². The highest BCUT2D eigenvalue weighted by Gasteiger charge is 2.46. The Balaban J connectivity index is 1.79. The molecule has 34 heavy (non-hydrogen) atoms. The summed E-state index contributed by atoms with van der Waals surface area (Å²) in [6, 6.07) is 8.80. The van der Waals surface area contributed by atoms with E-state index in [-0.39, 0.29) is 5.56 Å². The van der Waals surface area contributed by atoms with Crippen molar-refractivity contribution in [2.45, 2.75) is 31.1 Å². The minimum Gasteiger partial charge on any atom is -0.387 e. The van der Waals surface area contributed by atoms with E-state index in [1.165, 1.54) is 12.1 Å². The summed E-state index contributed by atoms with van der Waals surface area (Å²) in [6.07, 6.45) is -5.75. The molecule has 2 heterocycles. The zero-order valence-corrected chi connectivity index (χ0v) is 18.8. The predicted octanol–water partition coefficient (Wildman–Crippen LogP) is -1.26. The Kier molecular flexibility index (Phi) is 7.85. The number of carbonyl (C=O) groups is 1. The van der Waals surface area contributed by atoms with Gasteiger partial charge in [-0.3, -0.25) is 23.2 Å². The minimum absolute atomic E-state index is 0.250. The third-order valence-corrected chi connectivity index (χ3v) is 6.87. The summed E-state index contributed by atoms with van der Waals surface area (Å²) in [5, 5.41) is 20.5. The van der Waals surface area contributed by atoms with Crippen molar-refractivity contribution in [3.8, 4) is 0 Å². The average molecular weight is 522 g/mol. The van der Waals surface area contributed by atoms with Crippen molar-refractivity contribution in [3.05, 3.63) is 69.0 Å². The summed E-state index contributed by atoms with van der Waals surface area (Å²) in [5.41, 5.74) is -1.61. The van der Waals surface area contributed by atoms with Gasteiger partial charge in [-0.25, -0.2) is 13.9 Å². The van der Waals surface area contributed by atoms with E-state index >= 15 is 0 Å². The highest BCUT2D eigenvalue weighted by Crippen LogP contribution is 2.57. The van der Waals surface area contributed by atoms with Gasteiger partial charge in [0.05, 0.1) is 13.2 Å². The van der Waals surface area contributed by atoms with E-state index in [1.54, 1.807) is 18.2 Å². The maximum atomic E-state index is 12.9. The molecule has 5 atom stereocenters. The molecule has 1 aliphatic heterocycles. The number of carbonyl (C=O) groups excluding carboxylic acids is 1. The lowest BCUT2D eigenvalue weighted by atomic mass is 10.1. The molecule has 0 saturated carbocycles. The molecule has 17 heteroatoms. The third kappa shape index (κ3) is 6.23. The van der Waals surface area contributed by atoms with E-state index in [2.05, 4.69) is 8.83 Å². The number of ether oxygens (including phenoxy) is 1. The first-order valence-corrected chi connectivity index (χ1v) is 12.5. The van der Waals surface area contributed by atoms with E-state index in [1.807, 2.05) is 0 Å². The van der Waals surface area contributed by atoms with Gasteiger partial charge in [0.2, 0.25) is 0 Å². The van der Waals surface area contributed by atoms with Crippen LogP contribution >= 0.6 is 15.6 Å². The normalized spacial score (nSPS) is 24.6. The monoisotopic (exact) mass is 522 g/mol. The number of rotatable bonds is 9. The number of aliphatic hydroxyl groups excluding tert-OH is 2. The topological polar surface area (TPSA) is 224 Å². The van der Waals surface area contributed by atoms with Gasteiger partial charge in [-0.15, -0.1) is 0 Å². The molecule has 186 valence electrons. The Bertz CT molecular complexity index is 1250. The second-order valence-corrected chi connectivity index (χ2v) is 9.93. The van der Waals surface area contributed by atoms with Crippen LogP contribution in [0.15, 0.2) is 52.2 Å². The fourth-order valence-corrected chi connectivity index (χ4v) is 4.75. The molecule has 1 fully saturated rings. The zero-order chi connectivity index (χ0) is 25.3. The predicted molar refractivity (Wildman–Crippen MR) is 111 cm³/mol. The molecule has 5 N–H and O–H groups in total. The molecule has 0 bridgehead atoms. The van der Waals surface area contributed by atoms with Crippen LogP contribution in [0, 0.1) is 0 Å². The number of hydrogen-bond donors (Lipinski definition) is 5. The molecule has 1 aliphatic rings. The molecular weight excluding hydrogens is 502 g/mol. The summed E-state index contributed by atoms with van der Waals surface area (Å²) in [4.78, 5) is 64.0. The minimum atomic E-state index is -5.38. The molecular formula is C17H20N2O13P2. The Labute approximate surface area is 190 Å². The van der Waals surface area contributed by atoms with Gasteiger partial charge in [0, 0.05) is 17.8 Å². The molecule has 15 nitrogen and oxygen atoms in total. The van der Waals surface area contributed by atoms with Crippen LogP contribution in [0.1, 0.15) is 16.6 Å². The van der Waals surface area contributed by atoms with Crippen molar-refractivity contribution in [2.24, 2.45) is 0 Å². The lowest BCUT2D eigenvalue weighted by Crippen LogP contribution is -2.44. The maximum absolute atomic E-state index is 12.9. The Morgan fingerprint density at radius 2 is 1.68 bits per heavy atom. The van der Waals surface area contributed by atoms with Crippen LogP contribution in [0.4, 0.5) is 0 Å². The Morgan fingerprint density at radius 1 is 1.03 bits per heavy atom. The molecule has 3 rings (SSSR count). The Hall–Kier alpha value is -2.29. The number of Topliss-reactive ketones (excluding diaryl/α,β-unsaturated/α-hetero) is 1. The second kappa shape index (κ2) is 10.1. The van der Waals surface area contributed by atoms with Crippen molar-refractivity contribution in [2.75, 3.05) is 6.61 Å². The molecule has 1 saturated heterocycles. The summed E-state index contributed by atoms with van der Waals surface area (Å²) in [6.45, 7) is -1.59. The van der Waals surface area contributed by atoms with E-state index < -0.39 is 70.4 Å². The van der Waals surface area contributed by atoms with Crippen molar-refractivity contribution >= 4 is 21.4 Å². The lowest BCUT2D eigenvalue weighted by molar-refractivity contribution is -0.0547. The van der Waals surface area contributed by atoms with E-state index in [9.17, 15) is 38.6 Å². The van der Waals surface area contributed by atoms with Gasteiger partial charge in [0.15, 0.2) is 12.0 Å². The number of nitrogens with zero attached hydrogens (tertiary/aromatic N) is 2. The number of aliphatic hydroxyl groups is 2. The highest BCUT2D eigenvalue weighted by molar-refractivity contribution is 7.60. The summed E-state index contributed by atoms with van der Waals surface area (Å²) in [7, 11) is -10.6. The first-order chi connectivity index (χ1) is 15.8. The molecule has 0 spiro atoms. The fraction of sp³-hybridized carbons (Fsp3) is 0.353. The SMILES string of the molecule is O=C(Cn1c(=O)ccn(C2OC(COP(=O)(O)OP(=O)(O)O)C(O)C2O)c1=O)c1ccccc1. The largest absolute Gasteiger partial charge is 0.481 e. The fourth-order valence-electron chi connectivity index (χ4n) is 3.15. The average Bonchev–Trinajstić information content (AvgIpc) is 3.02. The van der Waals surface area contributed by atoms with Gasteiger partial charge in [0.1, 0.15) is 18.3 Å². The first kappa shape index (κ1) is 26.3. The Morgan fingerprint density at radius 3 is 2.29 bits per heavy atom. The second-order valence-electron chi connectivity index (χ2n) is 7.10. The van der Waals surface area contributed by atoms with Crippen LogP contribution in [0.2, 0.25) is 0 Å². The summed E-state index contributed by atoms with van der Waals surface area (Å²) < 4.78 is 36.9. The van der Waals surface area contributed by atoms with Gasteiger partial charge >= 0.3 is 21.3 Å². The number of hydrogen-bond acceptors (Lipinski definition) is 10. The van der Waals surface area contributed by atoms with Gasteiger partial charge in [0.25, 0.3) is 5.56 Å².